The summed E-state index contributed by atoms with van der Waals surface area (Å²) in [5.41, 5.74) is 0.640. The van der Waals surface area contributed by atoms with Crippen LogP contribution in [-0.2, 0) is 0 Å². The first kappa shape index (κ1) is 11.1. The van der Waals surface area contributed by atoms with E-state index in [1.165, 1.54) is 0 Å². The molecule has 1 aliphatic heterocycles. The molecule has 0 radical (unpaired) electrons. The maximum absolute atomic E-state index is 10.8. The van der Waals surface area contributed by atoms with E-state index >= 15 is 0 Å². The van der Waals surface area contributed by atoms with Gasteiger partial charge < -0.3 is 9.64 Å². The minimum atomic E-state index is 0.247. The molecular weight excluding hydrogens is 202 g/mol. The fourth-order valence-electron chi connectivity index (χ4n) is 1.97. The van der Waals surface area contributed by atoms with E-state index in [4.69, 9.17) is 4.74 Å². The molecular formula is C13H17NO2. The van der Waals surface area contributed by atoms with Gasteiger partial charge in [-0.25, -0.2) is 0 Å². The number of carbonyl (C=O) groups excluding carboxylic acids is 1. The van der Waals surface area contributed by atoms with Gasteiger partial charge in [0.25, 0.3) is 0 Å². The Morgan fingerprint density at radius 3 is 2.69 bits per heavy atom. The van der Waals surface area contributed by atoms with Crippen LogP contribution in [0.2, 0.25) is 0 Å². The van der Waals surface area contributed by atoms with E-state index in [0.29, 0.717) is 11.3 Å². The smallest absolute Gasteiger partial charge is 0.153 e. The average Bonchev–Trinajstić information content (AvgIpc) is 2.33. The molecule has 0 unspecified atom stereocenters. The topological polar surface area (TPSA) is 29.5 Å². The summed E-state index contributed by atoms with van der Waals surface area (Å²) < 4.78 is 5.87. The summed E-state index contributed by atoms with van der Waals surface area (Å²) >= 11 is 0. The van der Waals surface area contributed by atoms with Crippen molar-refractivity contribution in [3.63, 3.8) is 0 Å². The lowest BCUT2D eigenvalue weighted by Gasteiger charge is -2.29. The number of benzene rings is 1. The van der Waals surface area contributed by atoms with Crippen LogP contribution in [0.4, 0.5) is 0 Å². The fourth-order valence-corrected chi connectivity index (χ4v) is 1.97. The second-order valence-corrected chi connectivity index (χ2v) is 4.28. The molecule has 0 aliphatic carbocycles. The number of nitrogens with zero attached hydrogens (tertiary/aromatic N) is 1. The molecule has 2 rings (SSSR count). The number of ether oxygens (including phenoxy) is 1. The van der Waals surface area contributed by atoms with E-state index in [-0.39, 0.29) is 6.10 Å². The summed E-state index contributed by atoms with van der Waals surface area (Å²) in [7, 11) is 2.12. The Hall–Kier alpha value is -1.35. The molecule has 0 bridgehead atoms. The maximum Gasteiger partial charge on any atom is 0.153 e. The van der Waals surface area contributed by atoms with Crippen molar-refractivity contribution >= 4 is 6.29 Å². The molecule has 0 atom stereocenters. The molecule has 86 valence electrons. The van der Waals surface area contributed by atoms with Crippen molar-refractivity contribution in [3.05, 3.63) is 29.8 Å². The number of hydrogen-bond donors (Lipinski definition) is 0. The zero-order chi connectivity index (χ0) is 11.4. The summed E-state index contributed by atoms with van der Waals surface area (Å²) in [5.74, 6) is 0.715. The Labute approximate surface area is 96.0 Å². The monoisotopic (exact) mass is 219 g/mol. The van der Waals surface area contributed by atoms with Gasteiger partial charge in [0.2, 0.25) is 0 Å². The Bertz CT molecular complexity index is 357. The van der Waals surface area contributed by atoms with E-state index < -0.39 is 0 Å². The van der Waals surface area contributed by atoms with Crippen molar-refractivity contribution in [2.75, 3.05) is 20.1 Å². The summed E-state index contributed by atoms with van der Waals surface area (Å²) in [6, 6.07) is 7.40. The Morgan fingerprint density at radius 2 is 2.00 bits per heavy atom. The molecule has 1 aromatic carbocycles. The molecule has 0 saturated carbocycles. The van der Waals surface area contributed by atoms with Crippen LogP contribution in [0.1, 0.15) is 23.2 Å². The normalized spacial score (nSPS) is 18.3. The van der Waals surface area contributed by atoms with Crippen molar-refractivity contribution in [2.45, 2.75) is 18.9 Å². The predicted molar refractivity (Wildman–Crippen MR) is 63.0 cm³/mol. The highest BCUT2D eigenvalue weighted by molar-refractivity contribution is 5.79. The largest absolute Gasteiger partial charge is 0.490 e. The number of carbonyl (C=O) groups is 1. The first-order chi connectivity index (χ1) is 7.79. The second kappa shape index (κ2) is 5.12. The number of piperidine rings is 1. The molecule has 1 saturated heterocycles. The molecule has 1 aromatic rings. The van der Waals surface area contributed by atoms with Gasteiger partial charge in [0.05, 0.1) is 5.56 Å². The van der Waals surface area contributed by atoms with Crippen molar-refractivity contribution in [1.82, 2.24) is 4.90 Å². The maximum atomic E-state index is 10.8. The van der Waals surface area contributed by atoms with Crippen LogP contribution in [0.5, 0.6) is 5.75 Å². The molecule has 1 heterocycles. The quantitative estimate of drug-likeness (QED) is 0.728. The van der Waals surface area contributed by atoms with Gasteiger partial charge in [-0.1, -0.05) is 12.1 Å². The molecule has 1 aliphatic rings. The lowest BCUT2D eigenvalue weighted by Crippen LogP contribution is -2.35. The van der Waals surface area contributed by atoms with Gasteiger partial charge in [0.15, 0.2) is 6.29 Å². The van der Waals surface area contributed by atoms with Gasteiger partial charge in [-0.3, -0.25) is 4.79 Å². The molecule has 0 amide bonds. The van der Waals surface area contributed by atoms with Gasteiger partial charge in [0.1, 0.15) is 11.9 Å². The van der Waals surface area contributed by atoms with Gasteiger partial charge in [-0.05, 0) is 32.0 Å². The van der Waals surface area contributed by atoms with Gasteiger partial charge in [-0.2, -0.15) is 0 Å². The van der Waals surface area contributed by atoms with E-state index in [1.807, 2.05) is 18.2 Å². The van der Waals surface area contributed by atoms with Crippen LogP contribution in [0.3, 0.4) is 0 Å². The van der Waals surface area contributed by atoms with Crippen molar-refractivity contribution < 1.29 is 9.53 Å². The minimum absolute atomic E-state index is 0.247. The van der Waals surface area contributed by atoms with Crippen LogP contribution in [0, 0.1) is 0 Å². The number of rotatable bonds is 3. The predicted octanol–water partition coefficient (Wildman–Crippen LogP) is 1.97. The number of aldehydes is 1. The Morgan fingerprint density at radius 1 is 1.31 bits per heavy atom. The van der Waals surface area contributed by atoms with Crippen molar-refractivity contribution in [1.29, 1.82) is 0 Å². The third-order valence-electron chi connectivity index (χ3n) is 3.01. The second-order valence-electron chi connectivity index (χ2n) is 4.28. The van der Waals surface area contributed by atoms with Gasteiger partial charge in [-0.15, -0.1) is 0 Å². The number of hydrogen-bond acceptors (Lipinski definition) is 3. The molecule has 0 N–H and O–H groups in total. The zero-order valence-electron chi connectivity index (χ0n) is 9.56. The van der Waals surface area contributed by atoms with E-state index in [0.717, 1.165) is 32.2 Å². The van der Waals surface area contributed by atoms with Gasteiger partial charge >= 0.3 is 0 Å². The number of likely N-dealkylation sites (tertiary alicyclic amines) is 1. The van der Waals surface area contributed by atoms with Crippen LogP contribution in [-0.4, -0.2) is 37.4 Å². The van der Waals surface area contributed by atoms with E-state index in [2.05, 4.69) is 11.9 Å². The highest BCUT2D eigenvalue weighted by Crippen LogP contribution is 2.21. The van der Waals surface area contributed by atoms with E-state index in [9.17, 15) is 4.79 Å². The zero-order valence-corrected chi connectivity index (χ0v) is 9.56. The highest BCUT2D eigenvalue weighted by atomic mass is 16.5. The summed E-state index contributed by atoms with van der Waals surface area (Å²) in [4.78, 5) is 13.1. The average molecular weight is 219 g/mol. The third-order valence-corrected chi connectivity index (χ3v) is 3.01. The Balaban J connectivity index is 2.00. The lowest BCUT2D eigenvalue weighted by molar-refractivity contribution is 0.106. The van der Waals surface area contributed by atoms with Crippen LogP contribution >= 0.6 is 0 Å². The standard InChI is InChI=1S/C13H17NO2/c1-14-8-6-12(7-9-14)16-13-5-3-2-4-11(13)10-15/h2-5,10,12H,6-9H2,1H3. The van der Waals surface area contributed by atoms with Crippen molar-refractivity contribution in [2.24, 2.45) is 0 Å². The third kappa shape index (κ3) is 2.61. The molecule has 0 aromatic heterocycles. The summed E-state index contributed by atoms with van der Waals surface area (Å²) in [5, 5.41) is 0. The van der Waals surface area contributed by atoms with E-state index in [1.54, 1.807) is 6.07 Å². The van der Waals surface area contributed by atoms with Gasteiger partial charge in [0, 0.05) is 13.1 Å². The molecule has 3 heteroatoms. The molecule has 16 heavy (non-hydrogen) atoms. The molecule has 0 spiro atoms. The first-order valence-corrected chi connectivity index (χ1v) is 5.69. The van der Waals surface area contributed by atoms with Crippen LogP contribution in [0.15, 0.2) is 24.3 Å². The number of para-hydroxylation sites is 1. The SMILES string of the molecule is CN1CCC(Oc2ccccc2C=O)CC1. The van der Waals surface area contributed by atoms with Crippen molar-refractivity contribution in [3.8, 4) is 5.75 Å². The molecule has 1 fully saturated rings. The highest BCUT2D eigenvalue weighted by Gasteiger charge is 2.18. The molecule has 3 nitrogen and oxygen atoms in total. The summed E-state index contributed by atoms with van der Waals surface area (Å²) in [6.07, 6.45) is 3.16. The fraction of sp³-hybridized carbons (Fsp3) is 0.462. The summed E-state index contributed by atoms with van der Waals surface area (Å²) in [6.45, 7) is 2.13. The first-order valence-electron chi connectivity index (χ1n) is 5.69. The minimum Gasteiger partial charge on any atom is -0.490 e. The Kier molecular flexibility index (Phi) is 3.57. The van der Waals surface area contributed by atoms with Crippen LogP contribution < -0.4 is 4.74 Å². The van der Waals surface area contributed by atoms with Crippen LogP contribution in [0.25, 0.3) is 0 Å². The lowest BCUT2D eigenvalue weighted by atomic mass is 10.1.